The third-order valence-corrected chi connectivity index (χ3v) is 2.54. The number of nitrogens with zero attached hydrogens (tertiary/aromatic N) is 1. The molecule has 0 aromatic carbocycles. The van der Waals surface area contributed by atoms with Crippen molar-refractivity contribution in [1.82, 2.24) is 0 Å². The Labute approximate surface area is 99.8 Å². The van der Waals surface area contributed by atoms with E-state index in [4.69, 9.17) is 22.1 Å². The summed E-state index contributed by atoms with van der Waals surface area (Å²) in [6, 6.07) is 0. The Hall–Kier alpha value is -0.340. The smallest absolute Gasteiger partial charge is 0.0913 e. The van der Waals surface area contributed by atoms with Crippen LogP contribution in [0.5, 0.6) is 0 Å². The molecule has 5 nitrogen and oxygen atoms in total. The number of nitrogens with two attached hydrogens (primary N) is 1. The molecular formula is C7H10ClN2O3S2-. The van der Waals surface area contributed by atoms with Gasteiger partial charge in [0, 0.05) is 13.3 Å². The molecule has 0 bridgehead atoms. The van der Waals surface area contributed by atoms with Gasteiger partial charge in [0.1, 0.15) is 0 Å². The molecule has 2 N–H and O–H groups in total. The van der Waals surface area contributed by atoms with Gasteiger partial charge in [0.25, 0.3) is 0 Å². The fourth-order valence-corrected chi connectivity index (χ4v) is 1.84. The number of hydrogen-bond donors (Lipinski definition) is 1. The van der Waals surface area contributed by atoms with Gasteiger partial charge >= 0.3 is 0 Å². The Bertz CT molecular complexity index is 317. The molecule has 0 heterocycles. The van der Waals surface area contributed by atoms with Crippen LogP contribution in [0.3, 0.4) is 0 Å². The van der Waals surface area contributed by atoms with Gasteiger partial charge in [0.05, 0.1) is 32.9 Å². The van der Waals surface area contributed by atoms with Gasteiger partial charge in [-0.1, -0.05) is 29.9 Å². The van der Waals surface area contributed by atoms with E-state index in [0.717, 1.165) is 11.8 Å². The first-order chi connectivity index (χ1) is 7.01. The summed E-state index contributed by atoms with van der Waals surface area (Å²) in [5.41, 5.74) is 5.49. The van der Waals surface area contributed by atoms with Gasteiger partial charge in [0.2, 0.25) is 0 Å². The highest BCUT2D eigenvalue weighted by molar-refractivity contribution is 8.09. The fraction of sp³-hybridized carbons (Fsp3) is 0.286. The van der Waals surface area contributed by atoms with Crippen LogP contribution in [0.4, 0.5) is 0 Å². The molecule has 15 heavy (non-hydrogen) atoms. The highest BCUT2D eigenvalue weighted by atomic mass is 35.5. The van der Waals surface area contributed by atoms with E-state index >= 15 is 0 Å². The second-order valence-corrected chi connectivity index (χ2v) is 4.61. The summed E-state index contributed by atoms with van der Waals surface area (Å²) in [7, 11) is 1.41. The molecule has 0 amide bonds. The number of hydrogen-bond acceptors (Lipinski definition) is 5. The molecule has 1 atom stereocenters. The zero-order valence-electron chi connectivity index (χ0n) is 7.94. The minimum atomic E-state index is -2.56. The lowest BCUT2D eigenvalue weighted by molar-refractivity contribution is 0.246. The van der Waals surface area contributed by atoms with E-state index in [1.54, 1.807) is 0 Å². The number of thioether (sulfide) groups is 1. The number of methoxy groups -OCH3 is 1. The number of rotatable bonds is 6. The maximum Gasteiger partial charge on any atom is 0.0913 e. The Morgan fingerprint density at radius 2 is 2.47 bits per heavy atom. The molecule has 0 aromatic heterocycles. The van der Waals surface area contributed by atoms with Crippen molar-refractivity contribution in [2.75, 3.05) is 13.7 Å². The molecule has 0 aliphatic heterocycles. The summed E-state index contributed by atoms with van der Waals surface area (Å²) in [6.07, 6.45) is 1.20. The Balaban J connectivity index is 4.87. The molecule has 0 fully saturated rings. The summed E-state index contributed by atoms with van der Waals surface area (Å²) in [5.74, 6) is 0. The Kier molecular flexibility index (Phi) is 7.71. The first-order valence-electron chi connectivity index (χ1n) is 3.61. The first kappa shape index (κ1) is 14.7. The topological polar surface area (TPSA) is 87.7 Å². The van der Waals surface area contributed by atoms with Crippen LogP contribution in [0, 0.1) is 0 Å². The third kappa shape index (κ3) is 6.69. The van der Waals surface area contributed by atoms with E-state index in [1.165, 1.54) is 13.3 Å². The van der Waals surface area contributed by atoms with Crippen molar-refractivity contribution in [2.24, 2.45) is 10.1 Å². The summed E-state index contributed by atoms with van der Waals surface area (Å²) in [5, 5.41) is 0. The highest BCUT2D eigenvalue weighted by Crippen LogP contribution is 2.27. The molecule has 0 saturated heterocycles. The predicted molar refractivity (Wildman–Crippen MR) is 63.1 cm³/mol. The van der Waals surface area contributed by atoms with Crippen LogP contribution >= 0.6 is 23.4 Å². The normalized spacial score (nSPS) is 15.1. The van der Waals surface area contributed by atoms with E-state index in [9.17, 15) is 8.76 Å². The van der Waals surface area contributed by atoms with Crippen LogP contribution in [-0.4, -0.2) is 28.2 Å². The van der Waals surface area contributed by atoms with Crippen molar-refractivity contribution in [2.45, 2.75) is 0 Å². The van der Waals surface area contributed by atoms with Crippen LogP contribution in [0.1, 0.15) is 0 Å². The summed E-state index contributed by atoms with van der Waals surface area (Å²) in [6.45, 7) is 3.47. The molecule has 0 aliphatic carbocycles. The summed E-state index contributed by atoms with van der Waals surface area (Å²) < 4.78 is 29.2. The maximum atomic E-state index is 10.4. The molecule has 0 radical (unpaired) electrons. The number of ether oxygens (including phenoxy) is 1. The average Bonchev–Trinajstić information content (AvgIpc) is 2.12. The van der Waals surface area contributed by atoms with Crippen LogP contribution in [-0.2, 0) is 16.0 Å². The van der Waals surface area contributed by atoms with Gasteiger partial charge in [-0.05, 0) is 0 Å². The van der Waals surface area contributed by atoms with Crippen molar-refractivity contribution in [3.8, 4) is 0 Å². The van der Waals surface area contributed by atoms with Crippen molar-refractivity contribution in [3.63, 3.8) is 0 Å². The highest BCUT2D eigenvalue weighted by Gasteiger charge is 2.09. The lowest BCUT2D eigenvalue weighted by Crippen LogP contribution is -2.11. The van der Waals surface area contributed by atoms with Crippen molar-refractivity contribution >= 4 is 40.3 Å². The zero-order chi connectivity index (χ0) is 11.8. The molecule has 8 heteroatoms. The molecule has 0 rings (SSSR count). The molecule has 86 valence electrons. The van der Waals surface area contributed by atoms with Gasteiger partial charge in [-0.15, -0.1) is 0 Å². The van der Waals surface area contributed by atoms with E-state index in [0.29, 0.717) is 4.91 Å². The number of halogens is 1. The van der Waals surface area contributed by atoms with Crippen LogP contribution < -0.4 is 5.73 Å². The standard InChI is InChI=1S/C7H11ClN2O3S2/c1-5(8)14-7(3-9)6(4-13-2)10-15(11)12/h3H,1,4,9H2,2H3,(H,11,12)/p-1/b7-3-,10-6?. The average molecular weight is 270 g/mol. The van der Waals surface area contributed by atoms with E-state index in [-0.39, 0.29) is 16.7 Å². The minimum Gasteiger partial charge on any atom is -0.754 e. The van der Waals surface area contributed by atoms with Crippen molar-refractivity contribution in [1.29, 1.82) is 0 Å². The Morgan fingerprint density at radius 3 is 2.80 bits per heavy atom. The van der Waals surface area contributed by atoms with Gasteiger partial charge < -0.3 is 15.0 Å². The summed E-state index contributed by atoms with van der Waals surface area (Å²) >= 11 is 4.01. The van der Waals surface area contributed by atoms with Crippen LogP contribution in [0.15, 0.2) is 26.4 Å². The van der Waals surface area contributed by atoms with Gasteiger partial charge in [0.15, 0.2) is 0 Å². The summed E-state index contributed by atoms with van der Waals surface area (Å²) in [4.78, 5) is 0.390. The second-order valence-electron chi connectivity index (χ2n) is 2.18. The lowest BCUT2D eigenvalue weighted by atomic mass is 10.4. The molecule has 0 aromatic rings. The van der Waals surface area contributed by atoms with Crippen molar-refractivity contribution < 1.29 is 13.5 Å². The molecular weight excluding hydrogens is 260 g/mol. The lowest BCUT2D eigenvalue weighted by Gasteiger charge is -2.09. The van der Waals surface area contributed by atoms with E-state index < -0.39 is 11.3 Å². The van der Waals surface area contributed by atoms with Crippen LogP contribution in [0.2, 0.25) is 0 Å². The van der Waals surface area contributed by atoms with Crippen molar-refractivity contribution in [3.05, 3.63) is 22.0 Å². The molecule has 0 saturated carbocycles. The van der Waals surface area contributed by atoms with Gasteiger partial charge in [-0.3, -0.25) is 4.21 Å². The fourth-order valence-electron chi connectivity index (χ4n) is 0.678. The quantitative estimate of drug-likeness (QED) is 0.576. The molecule has 1 unspecified atom stereocenters. The zero-order valence-corrected chi connectivity index (χ0v) is 10.3. The maximum absolute atomic E-state index is 10.4. The predicted octanol–water partition coefficient (Wildman–Crippen LogP) is 1.11. The van der Waals surface area contributed by atoms with E-state index in [1.807, 2.05) is 0 Å². The van der Waals surface area contributed by atoms with E-state index in [2.05, 4.69) is 11.0 Å². The Morgan fingerprint density at radius 1 is 1.87 bits per heavy atom. The van der Waals surface area contributed by atoms with Gasteiger partial charge in [-0.25, -0.2) is 4.40 Å². The largest absolute Gasteiger partial charge is 0.754 e. The monoisotopic (exact) mass is 269 g/mol. The molecule has 0 aliphatic rings. The van der Waals surface area contributed by atoms with Gasteiger partial charge in [-0.2, -0.15) is 0 Å². The SMILES string of the molecule is C=C(Cl)S/C(=C\N)C(COC)=NS(=O)[O-]. The molecule has 0 spiro atoms. The minimum absolute atomic E-state index is 0.0220. The third-order valence-electron chi connectivity index (χ3n) is 1.12. The second kappa shape index (κ2) is 7.89. The van der Waals surface area contributed by atoms with Crippen LogP contribution in [0.25, 0.3) is 0 Å². The first-order valence-corrected chi connectivity index (χ1v) is 5.84.